The zero-order chi connectivity index (χ0) is 19.6. The first-order valence-corrected chi connectivity index (χ1v) is 9.96. The van der Waals surface area contributed by atoms with E-state index in [1.807, 2.05) is 24.3 Å². The summed E-state index contributed by atoms with van der Waals surface area (Å²) in [5.74, 6) is 1.25. The molecule has 28 heavy (non-hydrogen) atoms. The molecule has 5 nitrogen and oxygen atoms in total. The molecule has 0 radical (unpaired) electrons. The fraction of sp³-hybridized carbons (Fsp3) is 0.478. The SMILES string of the molecule is CC1(C)[C@H](C(=O)OCc2coc(Cc3ccccc3)c2)[C@@H]1C=NOCC1CC1. The first-order valence-electron chi connectivity index (χ1n) is 9.96. The second kappa shape index (κ2) is 7.82. The molecule has 4 rings (SSSR count). The second-order valence-corrected chi connectivity index (χ2v) is 8.51. The molecule has 0 aliphatic heterocycles. The van der Waals surface area contributed by atoms with Crippen molar-refractivity contribution in [2.24, 2.45) is 28.3 Å². The van der Waals surface area contributed by atoms with Crippen LogP contribution in [0.25, 0.3) is 0 Å². The van der Waals surface area contributed by atoms with Crippen molar-refractivity contribution in [2.45, 2.75) is 39.7 Å². The lowest BCUT2D eigenvalue weighted by Crippen LogP contribution is -2.10. The van der Waals surface area contributed by atoms with Gasteiger partial charge in [-0.25, -0.2) is 0 Å². The Morgan fingerprint density at radius 2 is 2.04 bits per heavy atom. The molecule has 0 unspecified atom stereocenters. The summed E-state index contributed by atoms with van der Waals surface area (Å²) < 4.78 is 11.1. The molecule has 1 aromatic heterocycles. The number of carbonyl (C=O) groups is 1. The number of nitrogens with zero attached hydrogens (tertiary/aromatic N) is 1. The number of oxime groups is 1. The minimum Gasteiger partial charge on any atom is -0.469 e. The number of carbonyl (C=O) groups excluding carboxylic acids is 1. The molecular weight excluding hydrogens is 354 g/mol. The average molecular weight is 381 g/mol. The number of rotatable bonds is 9. The van der Waals surface area contributed by atoms with Gasteiger partial charge in [-0.2, -0.15) is 0 Å². The molecule has 1 aromatic carbocycles. The van der Waals surface area contributed by atoms with E-state index in [1.54, 1.807) is 12.5 Å². The molecule has 5 heteroatoms. The fourth-order valence-corrected chi connectivity index (χ4v) is 3.58. The van der Waals surface area contributed by atoms with Gasteiger partial charge in [0.1, 0.15) is 19.0 Å². The van der Waals surface area contributed by atoms with E-state index in [9.17, 15) is 4.79 Å². The third-order valence-corrected chi connectivity index (χ3v) is 5.78. The summed E-state index contributed by atoms with van der Waals surface area (Å²) >= 11 is 0. The predicted octanol–water partition coefficient (Wildman–Crippen LogP) is 4.60. The third-order valence-electron chi connectivity index (χ3n) is 5.78. The molecule has 0 spiro atoms. The third kappa shape index (κ3) is 4.46. The summed E-state index contributed by atoms with van der Waals surface area (Å²) in [6.07, 6.45) is 6.63. The van der Waals surface area contributed by atoms with Crippen molar-refractivity contribution in [1.82, 2.24) is 0 Å². The highest BCUT2D eigenvalue weighted by atomic mass is 16.6. The van der Waals surface area contributed by atoms with Crippen molar-refractivity contribution in [3.8, 4) is 0 Å². The summed E-state index contributed by atoms with van der Waals surface area (Å²) in [6, 6.07) is 12.1. The van der Waals surface area contributed by atoms with Gasteiger partial charge < -0.3 is 14.0 Å². The zero-order valence-electron chi connectivity index (χ0n) is 16.5. The summed E-state index contributed by atoms with van der Waals surface area (Å²) in [7, 11) is 0. The summed E-state index contributed by atoms with van der Waals surface area (Å²) in [4.78, 5) is 17.8. The van der Waals surface area contributed by atoms with Gasteiger partial charge >= 0.3 is 5.97 Å². The standard InChI is InChI=1S/C23H27NO4/c1-23(2)20(12-24-28-15-17-8-9-17)21(23)22(25)27-14-18-11-19(26-13-18)10-16-6-4-3-5-7-16/h3-7,11-13,17,20-21H,8-10,14-15H2,1-2H3/t20-,21-/m0/s1. The van der Waals surface area contributed by atoms with Crippen molar-refractivity contribution in [3.05, 3.63) is 59.5 Å². The van der Waals surface area contributed by atoms with Crippen molar-refractivity contribution in [1.29, 1.82) is 0 Å². The van der Waals surface area contributed by atoms with E-state index < -0.39 is 0 Å². The van der Waals surface area contributed by atoms with Crippen molar-refractivity contribution in [2.75, 3.05) is 6.61 Å². The van der Waals surface area contributed by atoms with Gasteiger partial charge in [0.05, 0.1) is 12.2 Å². The number of esters is 1. The number of benzene rings is 1. The van der Waals surface area contributed by atoms with E-state index in [4.69, 9.17) is 14.0 Å². The molecule has 148 valence electrons. The number of ether oxygens (including phenoxy) is 1. The topological polar surface area (TPSA) is 61.0 Å². The summed E-state index contributed by atoms with van der Waals surface area (Å²) in [6.45, 7) is 5.04. The van der Waals surface area contributed by atoms with Crippen LogP contribution in [0.4, 0.5) is 0 Å². The first-order chi connectivity index (χ1) is 13.5. The number of hydrogen-bond donors (Lipinski definition) is 0. The van der Waals surface area contributed by atoms with Crippen molar-refractivity contribution >= 4 is 12.2 Å². The van der Waals surface area contributed by atoms with Gasteiger partial charge in [-0.3, -0.25) is 4.79 Å². The van der Waals surface area contributed by atoms with Gasteiger partial charge in [-0.15, -0.1) is 0 Å². The highest BCUT2D eigenvalue weighted by molar-refractivity contribution is 5.85. The molecule has 0 bridgehead atoms. The Labute approximate surface area is 165 Å². The molecule has 2 fully saturated rings. The van der Waals surface area contributed by atoms with Crippen molar-refractivity contribution < 1.29 is 18.8 Å². The van der Waals surface area contributed by atoms with Gasteiger partial charge in [-0.1, -0.05) is 49.3 Å². The predicted molar refractivity (Wildman–Crippen MR) is 106 cm³/mol. The Bertz CT molecular complexity index is 835. The van der Waals surface area contributed by atoms with Gasteiger partial charge in [0.25, 0.3) is 0 Å². The Balaban J connectivity index is 1.25. The van der Waals surface area contributed by atoms with Crippen LogP contribution in [0.15, 0.2) is 52.2 Å². The van der Waals surface area contributed by atoms with Crippen LogP contribution in [-0.2, 0) is 27.4 Å². The monoisotopic (exact) mass is 381 g/mol. The lowest BCUT2D eigenvalue weighted by molar-refractivity contribution is -0.147. The Kier molecular flexibility index (Phi) is 5.25. The van der Waals surface area contributed by atoms with E-state index in [-0.39, 0.29) is 29.8 Å². The van der Waals surface area contributed by atoms with Gasteiger partial charge in [0.15, 0.2) is 0 Å². The van der Waals surface area contributed by atoms with Crippen LogP contribution in [-0.4, -0.2) is 18.8 Å². The zero-order valence-corrected chi connectivity index (χ0v) is 16.5. The van der Waals surface area contributed by atoms with E-state index in [0.29, 0.717) is 12.5 Å². The molecule has 2 aliphatic carbocycles. The van der Waals surface area contributed by atoms with Crippen molar-refractivity contribution in [3.63, 3.8) is 0 Å². The summed E-state index contributed by atoms with van der Waals surface area (Å²) in [5, 5.41) is 4.06. The maximum absolute atomic E-state index is 12.5. The second-order valence-electron chi connectivity index (χ2n) is 8.51. The Morgan fingerprint density at radius 1 is 1.25 bits per heavy atom. The maximum Gasteiger partial charge on any atom is 0.310 e. The highest BCUT2D eigenvalue weighted by Crippen LogP contribution is 2.57. The van der Waals surface area contributed by atoms with Crippen LogP contribution < -0.4 is 0 Å². The largest absolute Gasteiger partial charge is 0.469 e. The van der Waals surface area contributed by atoms with Gasteiger partial charge in [0, 0.05) is 24.1 Å². The van der Waals surface area contributed by atoms with E-state index in [0.717, 1.165) is 17.7 Å². The quantitative estimate of drug-likeness (QED) is 0.362. The molecule has 0 N–H and O–H groups in total. The lowest BCUT2D eigenvalue weighted by atomic mass is 10.1. The van der Waals surface area contributed by atoms with Crippen LogP contribution >= 0.6 is 0 Å². The van der Waals surface area contributed by atoms with Crippen LogP contribution in [0.1, 0.15) is 43.6 Å². The molecule has 1 heterocycles. The van der Waals surface area contributed by atoms with Crippen LogP contribution in [0.2, 0.25) is 0 Å². The number of hydrogen-bond acceptors (Lipinski definition) is 5. The van der Waals surface area contributed by atoms with Gasteiger partial charge in [0.2, 0.25) is 0 Å². The first kappa shape index (κ1) is 18.8. The molecule has 2 saturated carbocycles. The molecule has 2 atom stereocenters. The average Bonchev–Trinajstić information content (AvgIpc) is 3.54. The Morgan fingerprint density at radius 3 is 2.79 bits per heavy atom. The van der Waals surface area contributed by atoms with Crippen LogP contribution in [0.5, 0.6) is 0 Å². The fourth-order valence-electron chi connectivity index (χ4n) is 3.58. The molecule has 2 aliphatic rings. The van der Waals surface area contributed by atoms with Crippen LogP contribution in [0.3, 0.4) is 0 Å². The normalized spacial score (nSPS) is 22.9. The Hall–Kier alpha value is -2.56. The minimum atomic E-state index is -0.186. The number of furan rings is 1. The minimum absolute atomic E-state index is 0.0668. The van der Waals surface area contributed by atoms with Crippen LogP contribution in [0, 0.1) is 23.2 Å². The van der Waals surface area contributed by atoms with E-state index >= 15 is 0 Å². The lowest BCUT2D eigenvalue weighted by Gasteiger charge is -2.03. The highest BCUT2D eigenvalue weighted by Gasteiger charge is 2.62. The molecular formula is C23H27NO4. The summed E-state index contributed by atoms with van der Waals surface area (Å²) in [5.41, 5.74) is 1.92. The maximum atomic E-state index is 12.5. The molecule has 2 aromatic rings. The van der Waals surface area contributed by atoms with E-state index in [2.05, 4.69) is 31.1 Å². The molecule has 0 amide bonds. The molecule has 0 saturated heterocycles. The smallest absolute Gasteiger partial charge is 0.310 e. The van der Waals surface area contributed by atoms with Gasteiger partial charge in [-0.05, 0) is 35.8 Å². The van der Waals surface area contributed by atoms with E-state index in [1.165, 1.54) is 18.4 Å².